The van der Waals surface area contributed by atoms with E-state index in [0.29, 0.717) is 22.7 Å². The van der Waals surface area contributed by atoms with Crippen molar-refractivity contribution in [1.82, 2.24) is 0 Å². The number of benzene rings is 7. The minimum absolute atomic E-state index is 0.00481. The summed E-state index contributed by atoms with van der Waals surface area (Å²) >= 11 is -8.20. The third-order valence-corrected chi connectivity index (χ3v) is 10.6. The number of hydrogen-bond donors (Lipinski definition) is 6. The fourth-order valence-electron chi connectivity index (χ4n) is 5.67. The van der Waals surface area contributed by atoms with Gasteiger partial charge >= 0.3 is 0 Å². The van der Waals surface area contributed by atoms with Crippen LogP contribution in [0.2, 0.25) is 0 Å². The van der Waals surface area contributed by atoms with E-state index in [-0.39, 0.29) is 54.9 Å². The fraction of sp³-hybridized carbons (Fsp3) is 0. The van der Waals surface area contributed by atoms with E-state index in [4.69, 9.17) is 5.73 Å². The quantitative estimate of drug-likeness (QED) is 0.0410. The van der Waals surface area contributed by atoms with Crippen LogP contribution in [0.15, 0.2) is 177 Å². The summed E-state index contributed by atoms with van der Waals surface area (Å²) in [5, 5.41) is 55.2. The van der Waals surface area contributed by atoms with E-state index in [1.165, 1.54) is 24.3 Å². The van der Waals surface area contributed by atoms with Gasteiger partial charge < -0.3 is 29.6 Å². The highest BCUT2D eigenvalue weighted by Crippen LogP contribution is 2.47. The van der Waals surface area contributed by atoms with Crippen molar-refractivity contribution in [2.24, 2.45) is 40.9 Å². The van der Waals surface area contributed by atoms with Gasteiger partial charge in [0.15, 0.2) is 44.7 Å². The first kappa shape index (κ1) is 39.4. The van der Waals surface area contributed by atoms with Crippen LogP contribution in [-0.2, 0) is 33.2 Å². The van der Waals surface area contributed by atoms with Gasteiger partial charge in [-0.15, -0.1) is 20.5 Å². The normalized spacial score (nSPS) is 13.7. The lowest BCUT2D eigenvalue weighted by Gasteiger charge is -2.13. The zero-order valence-corrected chi connectivity index (χ0v) is 31.8. The zero-order valence-electron chi connectivity index (χ0n) is 29.4. The molecule has 0 saturated carbocycles. The number of aromatic hydroxyl groups is 2. The van der Waals surface area contributed by atoms with Gasteiger partial charge in [-0.1, -0.05) is 42.5 Å². The average molecular weight is 834 g/mol. The van der Waals surface area contributed by atoms with E-state index in [0.717, 1.165) is 12.1 Å². The molecule has 0 heterocycles. The predicted octanol–water partition coefficient (Wildman–Crippen LogP) is 11.4. The first-order valence-corrected chi connectivity index (χ1v) is 19.9. The van der Waals surface area contributed by atoms with Crippen LogP contribution >= 0.6 is 0 Å². The van der Waals surface area contributed by atoms with Crippen LogP contribution in [0.4, 0.5) is 51.2 Å². The van der Waals surface area contributed by atoms with Crippen LogP contribution in [0.5, 0.6) is 11.5 Å². The Labute approximate surface area is 335 Å². The zero-order chi connectivity index (χ0) is 40.9. The fourth-order valence-corrected chi connectivity index (χ4v) is 7.40. The molecule has 0 saturated heterocycles. The molecule has 7 N–H and O–H groups in total. The number of hydrogen-bond acceptors (Lipinski definition) is 14. The molecule has 0 radical (unpaired) electrons. The second-order valence-corrected chi connectivity index (χ2v) is 14.8. The van der Waals surface area contributed by atoms with E-state index in [2.05, 4.69) is 40.9 Å². The second kappa shape index (κ2) is 17.1. The minimum Gasteiger partial charge on any atom is -0.505 e. The van der Waals surface area contributed by atoms with Crippen LogP contribution in [0.1, 0.15) is 0 Å². The van der Waals surface area contributed by atoms with E-state index < -0.39 is 54.5 Å². The van der Waals surface area contributed by atoms with Gasteiger partial charge in [0.2, 0.25) is 0 Å². The Kier molecular flexibility index (Phi) is 11.6. The number of azo groups is 4. The number of fused-ring (bicyclic) bond motifs is 2. The van der Waals surface area contributed by atoms with Crippen molar-refractivity contribution in [2.45, 2.75) is 14.7 Å². The van der Waals surface area contributed by atoms with Crippen molar-refractivity contribution in [3.05, 3.63) is 121 Å². The smallest absolute Gasteiger partial charge is 0.189 e. The lowest BCUT2D eigenvalue weighted by Crippen LogP contribution is -1.96. The van der Waals surface area contributed by atoms with Gasteiger partial charge in [-0.05, 0) is 78.9 Å². The predicted molar refractivity (Wildman–Crippen MR) is 219 cm³/mol. The summed E-state index contributed by atoms with van der Waals surface area (Å²) in [7, 11) is 0. The van der Waals surface area contributed by atoms with Crippen molar-refractivity contribution in [1.29, 1.82) is 0 Å². The summed E-state index contributed by atoms with van der Waals surface area (Å²) < 4.78 is 68.5. The van der Waals surface area contributed by atoms with Crippen molar-refractivity contribution in [2.75, 3.05) is 5.73 Å². The Bertz CT molecular complexity index is 2920. The molecule has 7 aromatic rings. The van der Waals surface area contributed by atoms with Gasteiger partial charge in [-0.3, -0.25) is 0 Å². The number of anilines is 1. The highest BCUT2D eigenvalue weighted by molar-refractivity contribution is 7.80. The van der Waals surface area contributed by atoms with Gasteiger partial charge in [0, 0.05) is 16.2 Å². The first-order chi connectivity index (χ1) is 28.0. The van der Waals surface area contributed by atoms with Crippen LogP contribution in [-0.4, -0.2) is 36.5 Å². The monoisotopic (exact) mass is 833 g/mol. The van der Waals surface area contributed by atoms with Crippen molar-refractivity contribution in [3.8, 4) is 11.5 Å². The molecule has 0 fully saturated rings. The summed E-state index contributed by atoms with van der Waals surface area (Å²) in [5.74, 6) is -1.08. The lowest BCUT2D eigenvalue weighted by molar-refractivity contribution is 0.480. The summed E-state index contributed by atoms with van der Waals surface area (Å²) in [5.41, 5.74) is 7.43. The van der Waals surface area contributed by atoms with E-state index in [1.54, 1.807) is 66.7 Å². The molecule has 7 aromatic carbocycles. The summed E-state index contributed by atoms with van der Waals surface area (Å²) in [6, 6.07) is 31.9. The number of rotatable bonds is 11. The van der Waals surface area contributed by atoms with Gasteiger partial charge in [-0.2, -0.15) is 20.5 Å². The maximum absolute atomic E-state index is 12.8. The molecule has 0 aliphatic rings. The van der Waals surface area contributed by atoms with Gasteiger partial charge in [0.25, 0.3) is 0 Å². The molecule has 0 aliphatic heterocycles. The van der Waals surface area contributed by atoms with Crippen molar-refractivity contribution >= 4 is 106 Å². The Balaban J connectivity index is 1.26. The Morgan fingerprint density at radius 2 is 0.914 bits per heavy atom. The van der Waals surface area contributed by atoms with Crippen molar-refractivity contribution < 1.29 is 36.5 Å². The maximum Gasteiger partial charge on any atom is 0.189 e. The SMILES string of the molecule is Nc1c(N=Nc2ccc3c(O)c(N=Nc4ccc(N=Nc5ccccc5)cc4)c(S(=O)O)cc3c2S(=O)O)cc(S(=O)O)c2ccc(N=Nc3ccccc3)c(O)c12. The highest BCUT2D eigenvalue weighted by Gasteiger charge is 2.23. The third-order valence-electron chi connectivity index (χ3n) is 8.40. The molecule has 0 aromatic heterocycles. The molecular formula is C38H27N9O8S3. The van der Waals surface area contributed by atoms with E-state index in [1.807, 2.05) is 18.2 Å². The third kappa shape index (κ3) is 8.32. The van der Waals surface area contributed by atoms with Crippen molar-refractivity contribution in [3.63, 3.8) is 0 Å². The number of phenols is 2. The summed E-state index contributed by atoms with van der Waals surface area (Å²) in [6.45, 7) is 0. The van der Waals surface area contributed by atoms with Gasteiger partial charge in [-0.25, -0.2) is 12.6 Å². The summed E-state index contributed by atoms with van der Waals surface area (Å²) in [6.07, 6.45) is 0. The molecule has 0 aliphatic carbocycles. The van der Waals surface area contributed by atoms with Crippen LogP contribution in [0.25, 0.3) is 21.5 Å². The molecule has 58 heavy (non-hydrogen) atoms. The minimum atomic E-state index is -2.82. The highest BCUT2D eigenvalue weighted by atomic mass is 32.2. The van der Waals surface area contributed by atoms with Gasteiger partial charge in [0.1, 0.15) is 27.6 Å². The molecule has 3 unspecified atom stereocenters. The molecule has 0 bridgehead atoms. The topological polar surface area (TPSA) is 277 Å². The van der Waals surface area contributed by atoms with Gasteiger partial charge in [0.05, 0.1) is 43.6 Å². The molecule has 17 nitrogen and oxygen atoms in total. The van der Waals surface area contributed by atoms with Crippen LogP contribution in [0.3, 0.4) is 0 Å². The molecule has 290 valence electrons. The molecule has 7 rings (SSSR count). The standard InChI is InChI=1S/C38H27N9O8S3/c39-34-30(20-31(56(50)51)26-16-17-28(37(49)33(26)34)44-42-22-9-5-2-6-10-22)46-45-29-18-15-25-27(38(29)58(54)55)19-32(57(52)53)35(36(25)48)47-43-24-13-11-23(12-14-24)41-40-21-7-3-1-4-8-21/h1-20,48-49H,39H2,(H,50,51)(H,52,53)(H,54,55). The van der Waals surface area contributed by atoms with E-state index in [9.17, 15) is 36.5 Å². The molecule has 0 amide bonds. The lowest BCUT2D eigenvalue weighted by atomic mass is 10.1. The maximum atomic E-state index is 12.8. The molecule has 3 atom stereocenters. The van der Waals surface area contributed by atoms with E-state index >= 15 is 0 Å². The molecule has 0 spiro atoms. The van der Waals surface area contributed by atoms with Crippen LogP contribution < -0.4 is 5.73 Å². The Hall–Kier alpha value is -6.81. The molecule has 20 heteroatoms. The average Bonchev–Trinajstić information content (AvgIpc) is 3.22. The number of nitrogens with two attached hydrogens (primary N) is 1. The Morgan fingerprint density at radius 1 is 0.431 bits per heavy atom. The van der Waals surface area contributed by atoms with Crippen LogP contribution in [0, 0.1) is 0 Å². The number of phenolic OH excluding ortho intramolecular Hbond substituents is 2. The summed E-state index contributed by atoms with van der Waals surface area (Å²) in [4.78, 5) is -1.04. The second-order valence-electron chi connectivity index (χ2n) is 12.0. The number of nitrogen functional groups attached to an aromatic ring is 1. The largest absolute Gasteiger partial charge is 0.505 e. The number of nitrogens with zero attached hydrogens (tertiary/aromatic N) is 8. The first-order valence-electron chi connectivity index (χ1n) is 16.6. The Morgan fingerprint density at radius 3 is 1.48 bits per heavy atom. The molecular weight excluding hydrogens is 807 g/mol.